The number of ketones is 1. The molecule has 1 aromatic heterocycles. The lowest BCUT2D eigenvalue weighted by Crippen LogP contribution is -2.20. The molecule has 5 nitrogen and oxygen atoms in total. The topological polar surface area (TPSA) is 72.2 Å². The molecule has 1 amide bonds. The zero-order valence-electron chi connectivity index (χ0n) is 11.3. The van der Waals surface area contributed by atoms with Crippen LogP contribution in [-0.4, -0.2) is 16.8 Å². The Bertz CT molecular complexity index is 703. The molecule has 0 radical (unpaired) electrons. The number of benzene rings is 1. The van der Waals surface area contributed by atoms with E-state index in [-0.39, 0.29) is 18.1 Å². The lowest BCUT2D eigenvalue weighted by molar-refractivity contribution is -0.117. The molecule has 1 heterocycles. The number of carbonyl (C=O) groups excluding carboxylic acids is 2. The number of aryl methyl sites for hydroxylation is 2. The molecular formula is C15H14N2O3. The summed E-state index contributed by atoms with van der Waals surface area (Å²) in [5.74, 6) is 0.344. The van der Waals surface area contributed by atoms with Gasteiger partial charge in [-0.25, -0.2) is 0 Å². The molecular weight excluding hydrogens is 256 g/mol. The molecule has 0 saturated heterocycles. The molecule has 1 aromatic carbocycles. The second kappa shape index (κ2) is 4.59. The Morgan fingerprint density at radius 1 is 1.40 bits per heavy atom. The highest BCUT2D eigenvalue weighted by molar-refractivity contribution is 6.09. The molecule has 102 valence electrons. The standard InChI is InChI=1S/C15H14N2O3/c1-8-4-3-5-10-12(18)7-11(14(8)10)15(19)16-13-6-9(2)20-17-13/h3-6,11H,7H2,1-2H3,(H,16,17,19). The van der Waals surface area contributed by atoms with Gasteiger partial charge < -0.3 is 9.84 Å². The van der Waals surface area contributed by atoms with Crippen LogP contribution in [0.4, 0.5) is 5.82 Å². The van der Waals surface area contributed by atoms with Crippen molar-refractivity contribution in [2.24, 2.45) is 0 Å². The van der Waals surface area contributed by atoms with Crippen LogP contribution in [0.2, 0.25) is 0 Å². The van der Waals surface area contributed by atoms with Crippen LogP contribution in [-0.2, 0) is 4.79 Å². The van der Waals surface area contributed by atoms with Gasteiger partial charge in [0.25, 0.3) is 0 Å². The summed E-state index contributed by atoms with van der Waals surface area (Å²) in [6, 6.07) is 7.18. The van der Waals surface area contributed by atoms with Crippen molar-refractivity contribution >= 4 is 17.5 Å². The highest BCUT2D eigenvalue weighted by atomic mass is 16.5. The van der Waals surface area contributed by atoms with Crippen molar-refractivity contribution in [3.8, 4) is 0 Å². The molecule has 1 aliphatic carbocycles. The second-order valence-corrected chi connectivity index (χ2v) is 5.03. The Kier molecular flexibility index (Phi) is 2.89. The predicted octanol–water partition coefficient (Wildman–Crippen LogP) is 2.60. The Morgan fingerprint density at radius 3 is 2.90 bits per heavy atom. The Hall–Kier alpha value is -2.43. The largest absolute Gasteiger partial charge is 0.360 e. The van der Waals surface area contributed by atoms with Crippen LogP contribution in [0.25, 0.3) is 0 Å². The number of anilines is 1. The van der Waals surface area contributed by atoms with E-state index < -0.39 is 5.92 Å². The maximum absolute atomic E-state index is 12.3. The Labute approximate surface area is 116 Å². The maximum atomic E-state index is 12.3. The van der Waals surface area contributed by atoms with Crippen molar-refractivity contribution in [3.63, 3.8) is 0 Å². The Morgan fingerprint density at radius 2 is 2.20 bits per heavy atom. The van der Waals surface area contributed by atoms with E-state index in [9.17, 15) is 9.59 Å². The first kappa shape index (κ1) is 12.6. The fourth-order valence-corrected chi connectivity index (χ4v) is 2.65. The van der Waals surface area contributed by atoms with E-state index >= 15 is 0 Å². The van der Waals surface area contributed by atoms with Gasteiger partial charge in [0.15, 0.2) is 11.6 Å². The first-order valence-corrected chi connectivity index (χ1v) is 6.43. The smallest absolute Gasteiger partial charge is 0.233 e. The minimum Gasteiger partial charge on any atom is -0.360 e. The number of carbonyl (C=O) groups is 2. The van der Waals surface area contributed by atoms with E-state index in [1.54, 1.807) is 19.1 Å². The quantitative estimate of drug-likeness (QED) is 0.910. The van der Waals surface area contributed by atoms with Crippen LogP contribution < -0.4 is 5.32 Å². The lowest BCUT2D eigenvalue weighted by atomic mass is 9.96. The van der Waals surface area contributed by atoms with Crippen molar-refractivity contribution in [2.45, 2.75) is 26.2 Å². The highest BCUT2D eigenvalue weighted by Gasteiger charge is 2.35. The molecule has 1 aliphatic rings. The molecule has 2 aromatic rings. The van der Waals surface area contributed by atoms with Gasteiger partial charge in [0.2, 0.25) is 5.91 Å². The minimum atomic E-state index is -0.448. The number of aromatic nitrogens is 1. The summed E-state index contributed by atoms with van der Waals surface area (Å²) >= 11 is 0. The molecule has 0 spiro atoms. The van der Waals surface area contributed by atoms with E-state index in [0.29, 0.717) is 17.1 Å². The minimum absolute atomic E-state index is 0.0141. The van der Waals surface area contributed by atoms with Crippen LogP contribution >= 0.6 is 0 Å². The van der Waals surface area contributed by atoms with Crippen LogP contribution in [0.5, 0.6) is 0 Å². The van der Waals surface area contributed by atoms with E-state index in [4.69, 9.17) is 4.52 Å². The number of fused-ring (bicyclic) bond motifs is 1. The first-order valence-electron chi connectivity index (χ1n) is 6.43. The summed E-state index contributed by atoms with van der Waals surface area (Å²) < 4.78 is 4.91. The summed E-state index contributed by atoms with van der Waals surface area (Å²) in [6.45, 7) is 3.67. The van der Waals surface area contributed by atoms with Crippen LogP contribution in [0, 0.1) is 13.8 Å². The van der Waals surface area contributed by atoms with E-state index in [1.165, 1.54) is 0 Å². The number of hydrogen-bond donors (Lipinski definition) is 1. The fourth-order valence-electron chi connectivity index (χ4n) is 2.65. The van der Waals surface area contributed by atoms with Crippen LogP contribution in [0.1, 0.15) is 39.6 Å². The molecule has 0 fully saturated rings. The molecule has 3 rings (SSSR count). The average molecular weight is 270 g/mol. The van der Waals surface area contributed by atoms with Gasteiger partial charge in [0.05, 0.1) is 5.92 Å². The number of nitrogens with one attached hydrogen (secondary N) is 1. The van der Waals surface area contributed by atoms with Gasteiger partial charge in [0.1, 0.15) is 5.76 Å². The number of amides is 1. The summed E-state index contributed by atoms with van der Waals surface area (Å²) in [5, 5.41) is 6.43. The average Bonchev–Trinajstić information content (AvgIpc) is 2.95. The Balaban J connectivity index is 1.89. The number of rotatable bonds is 2. The third-order valence-corrected chi connectivity index (χ3v) is 3.56. The highest BCUT2D eigenvalue weighted by Crippen LogP contribution is 2.36. The zero-order chi connectivity index (χ0) is 14.3. The molecule has 5 heteroatoms. The van der Waals surface area contributed by atoms with Gasteiger partial charge in [-0.15, -0.1) is 0 Å². The normalized spacial score (nSPS) is 17.1. The van der Waals surface area contributed by atoms with Gasteiger partial charge in [-0.3, -0.25) is 9.59 Å². The van der Waals surface area contributed by atoms with E-state index in [0.717, 1.165) is 11.1 Å². The van der Waals surface area contributed by atoms with Gasteiger partial charge in [-0.2, -0.15) is 0 Å². The lowest BCUT2D eigenvalue weighted by Gasteiger charge is -2.12. The molecule has 1 atom stereocenters. The summed E-state index contributed by atoms with van der Waals surface area (Å²) in [6.07, 6.45) is 0.211. The van der Waals surface area contributed by atoms with Gasteiger partial charge in [-0.05, 0) is 25.0 Å². The van der Waals surface area contributed by atoms with E-state index in [1.807, 2.05) is 19.1 Å². The van der Waals surface area contributed by atoms with Crippen LogP contribution in [0.3, 0.4) is 0 Å². The zero-order valence-corrected chi connectivity index (χ0v) is 11.3. The summed E-state index contributed by atoms with van der Waals surface area (Å²) in [7, 11) is 0. The summed E-state index contributed by atoms with van der Waals surface area (Å²) in [4.78, 5) is 24.3. The summed E-state index contributed by atoms with van der Waals surface area (Å²) in [5.41, 5.74) is 2.45. The van der Waals surface area contributed by atoms with Gasteiger partial charge in [0, 0.05) is 18.1 Å². The molecule has 0 bridgehead atoms. The number of nitrogens with zero attached hydrogens (tertiary/aromatic N) is 1. The van der Waals surface area contributed by atoms with Crippen molar-refractivity contribution in [1.82, 2.24) is 5.16 Å². The second-order valence-electron chi connectivity index (χ2n) is 5.03. The molecule has 1 N–H and O–H groups in total. The van der Waals surface area contributed by atoms with Gasteiger partial charge in [-0.1, -0.05) is 23.4 Å². The van der Waals surface area contributed by atoms with Crippen molar-refractivity contribution in [1.29, 1.82) is 0 Å². The fraction of sp³-hybridized carbons (Fsp3) is 0.267. The van der Waals surface area contributed by atoms with Gasteiger partial charge >= 0.3 is 0 Å². The monoisotopic (exact) mass is 270 g/mol. The first-order chi connectivity index (χ1) is 9.56. The van der Waals surface area contributed by atoms with Crippen LogP contribution in [0.15, 0.2) is 28.8 Å². The third kappa shape index (κ3) is 2.01. The molecule has 20 heavy (non-hydrogen) atoms. The predicted molar refractivity (Wildman–Crippen MR) is 72.7 cm³/mol. The maximum Gasteiger partial charge on any atom is 0.233 e. The molecule has 0 aliphatic heterocycles. The SMILES string of the molecule is Cc1cc(NC(=O)C2CC(=O)c3cccc(C)c32)no1. The molecule has 0 saturated carbocycles. The molecule has 1 unspecified atom stereocenters. The van der Waals surface area contributed by atoms with Crippen molar-refractivity contribution in [3.05, 3.63) is 46.7 Å². The number of hydrogen-bond acceptors (Lipinski definition) is 4. The van der Waals surface area contributed by atoms with E-state index in [2.05, 4.69) is 10.5 Å². The van der Waals surface area contributed by atoms with Crippen molar-refractivity contribution in [2.75, 3.05) is 5.32 Å². The number of Topliss-reactive ketones (excluding diaryl/α,β-unsaturated/α-hetero) is 1. The third-order valence-electron chi connectivity index (χ3n) is 3.56. The van der Waals surface area contributed by atoms with Crippen molar-refractivity contribution < 1.29 is 14.1 Å².